The molecule has 20 heavy (non-hydrogen) atoms. The zero-order valence-corrected chi connectivity index (χ0v) is 12.0. The second-order valence-electron chi connectivity index (χ2n) is 5.47. The lowest BCUT2D eigenvalue weighted by Crippen LogP contribution is -2.64. The highest BCUT2D eigenvalue weighted by Gasteiger charge is 2.49. The van der Waals surface area contributed by atoms with E-state index in [1.54, 1.807) is 11.9 Å². The number of hydrogen-bond acceptors (Lipinski definition) is 3. The zero-order chi connectivity index (χ0) is 14.4. The molecule has 2 aliphatic heterocycles. The topological polar surface area (TPSA) is 43.9 Å². The molecule has 0 bridgehead atoms. The second kappa shape index (κ2) is 4.59. The average molecular weight is 273 g/mol. The van der Waals surface area contributed by atoms with Crippen molar-refractivity contribution in [3.63, 3.8) is 0 Å². The molecule has 0 aliphatic carbocycles. The van der Waals surface area contributed by atoms with E-state index < -0.39 is 0 Å². The second-order valence-corrected chi connectivity index (χ2v) is 5.47. The molecule has 0 radical (unpaired) electrons. The molecule has 2 aliphatic rings. The fourth-order valence-electron chi connectivity index (χ4n) is 3.34. The normalized spacial score (nSPS) is 26.6. The van der Waals surface area contributed by atoms with Crippen LogP contribution in [0.2, 0.25) is 0 Å². The Balaban J connectivity index is 2.15. The van der Waals surface area contributed by atoms with Crippen molar-refractivity contribution in [3.05, 3.63) is 35.4 Å². The standard InChI is InChI=1S/C15H19N3O2/c1-4-18-12-11-8-6-5-7-10(11)9-16(2)13(12)14(19)17(3)15(18)20/h5-8,12-13H,4,9H2,1-3H3. The van der Waals surface area contributed by atoms with Crippen molar-refractivity contribution in [2.24, 2.45) is 0 Å². The minimum atomic E-state index is -0.285. The van der Waals surface area contributed by atoms with E-state index in [1.807, 2.05) is 37.1 Å². The van der Waals surface area contributed by atoms with Crippen molar-refractivity contribution >= 4 is 11.9 Å². The van der Waals surface area contributed by atoms with Gasteiger partial charge >= 0.3 is 6.03 Å². The Kier molecular flexibility index (Phi) is 3.01. The molecule has 1 aromatic rings. The Morgan fingerprint density at radius 3 is 2.55 bits per heavy atom. The van der Waals surface area contributed by atoms with Crippen molar-refractivity contribution in [3.8, 4) is 0 Å². The van der Waals surface area contributed by atoms with Gasteiger partial charge in [-0.15, -0.1) is 0 Å². The van der Waals surface area contributed by atoms with Gasteiger partial charge in [0.15, 0.2) is 0 Å². The van der Waals surface area contributed by atoms with Gasteiger partial charge in [0.25, 0.3) is 0 Å². The highest BCUT2D eigenvalue weighted by Crippen LogP contribution is 2.38. The van der Waals surface area contributed by atoms with Gasteiger partial charge in [0, 0.05) is 20.1 Å². The first-order valence-corrected chi connectivity index (χ1v) is 6.92. The number of hydrogen-bond donors (Lipinski definition) is 0. The van der Waals surface area contributed by atoms with Crippen molar-refractivity contribution in [1.82, 2.24) is 14.7 Å². The molecule has 3 rings (SSSR count). The van der Waals surface area contributed by atoms with Crippen LogP contribution in [0.25, 0.3) is 0 Å². The third kappa shape index (κ3) is 1.66. The molecule has 2 unspecified atom stereocenters. The summed E-state index contributed by atoms with van der Waals surface area (Å²) in [4.78, 5) is 29.9. The molecule has 0 spiro atoms. The molecule has 2 atom stereocenters. The predicted octanol–water partition coefficient (Wildman–Crippen LogP) is 1.46. The SMILES string of the molecule is CCN1C(=O)N(C)C(=O)C2C1c1ccccc1CN2C. The Bertz CT molecular complexity index is 572. The smallest absolute Gasteiger partial charge is 0.315 e. The molecular weight excluding hydrogens is 254 g/mol. The first-order chi connectivity index (χ1) is 9.56. The molecule has 1 fully saturated rings. The van der Waals surface area contributed by atoms with E-state index >= 15 is 0 Å². The molecule has 1 saturated heterocycles. The molecule has 0 aromatic heterocycles. The van der Waals surface area contributed by atoms with Gasteiger partial charge in [-0.25, -0.2) is 4.79 Å². The largest absolute Gasteiger partial charge is 0.327 e. The summed E-state index contributed by atoms with van der Waals surface area (Å²) in [5.41, 5.74) is 2.30. The van der Waals surface area contributed by atoms with Crippen LogP contribution in [-0.4, -0.2) is 53.3 Å². The van der Waals surface area contributed by atoms with Gasteiger partial charge in [-0.1, -0.05) is 24.3 Å². The van der Waals surface area contributed by atoms with Gasteiger partial charge in [-0.05, 0) is 25.1 Å². The van der Waals surface area contributed by atoms with Crippen molar-refractivity contribution in [2.75, 3.05) is 20.6 Å². The highest BCUT2D eigenvalue weighted by atomic mass is 16.2. The van der Waals surface area contributed by atoms with Crippen LogP contribution in [0.4, 0.5) is 4.79 Å². The van der Waals surface area contributed by atoms with Gasteiger partial charge < -0.3 is 4.90 Å². The van der Waals surface area contributed by atoms with Crippen molar-refractivity contribution in [2.45, 2.75) is 25.6 Å². The van der Waals surface area contributed by atoms with Crippen LogP contribution in [0.5, 0.6) is 0 Å². The van der Waals surface area contributed by atoms with Crippen LogP contribution in [0.1, 0.15) is 24.1 Å². The highest BCUT2D eigenvalue weighted by molar-refractivity contribution is 6.00. The number of amides is 3. The van der Waals surface area contributed by atoms with Gasteiger partial charge in [0.1, 0.15) is 6.04 Å². The molecule has 1 aromatic carbocycles. The molecule has 5 nitrogen and oxygen atoms in total. The summed E-state index contributed by atoms with van der Waals surface area (Å²) in [6.45, 7) is 3.29. The predicted molar refractivity (Wildman–Crippen MR) is 75.0 cm³/mol. The maximum atomic E-state index is 12.5. The Morgan fingerprint density at radius 1 is 1.15 bits per heavy atom. The summed E-state index contributed by atoms with van der Waals surface area (Å²) in [6, 6.07) is 7.42. The summed E-state index contributed by atoms with van der Waals surface area (Å²) in [5.74, 6) is -0.110. The van der Waals surface area contributed by atoms with E-state index in [0.29, 0.717) is 6.54 Å². The number of urea groups is 1. The maximum absolute atomic E-state index is 12.5. The average Bonchev–Trinajstić information content (AvgIpc) is 2.45. The van der Waals surface area contributed by atoms with Crippen LogP contribution in [0.3, 0.4) is 0 Å². The number of rotatable bonds is 1. The summed E-state index contributed by atoms with van der Waals surface area (Å²) in [5, 5.41) is 0. The van der Waals surface area contributed by atoms with Crippen LogP contribution in [0.15, 0.2) is 24.3 Å². The van der Waals surface area contributed by atoms with Crippen LogP contribution in [-0.2, 0) is 11.3 Å². The molecule has 106 valence electrons. The lowest BCUT2D eigenvalue weighted by atomic mass is 9.86. The monoisotopic (exact) mass is 273 g/mol. The van der Waals surface area contributed by atoms with E-state index in [2.05, 4.69) is 6.07 Å². The Morgan fingerprint density at radius 2 is 1.85 bits per heavy atom. The molecule has 3 amide bonds. The summed E-state index contributed by atoms with van der Waals surface area (Å²) in [7, 11) is 3.51. The van der Waals surface area contributed by atoms with Crippen LogP contribution in [0, 0.1) is 0 Å². The lowest BCUT2D eigenvalue weighted by Gasteiger charge is -2.49. The Hall–Kier alpha value is -1.88. The maximum Gasteiger partial charge on any atom is 0.327 e. The van der Waals surface area contributed by atoms with Crippen molar-refractivity contribution < 1.29 is 9.59 Å². The summed E-state index contributed by atoms with van der Waals surface area (Å²) >= 11 is 0. The van der Waals surface area contributed by atoms with Crippen LogP contribution >= 0.6 is 0 Å². The molecule has 0 N–H and O–H groups in total. The first kappa shape index (κ1) is 13.1. The van der Waals surface area contributed by atoms with E-state index in [1.165, 1.54) is 10.5 Å². The number of imide groups is 1. The number of carbonyl (C=O) groups excluding carboxylic acids is 2. The van der Waals surface area contributed by atoms with Gasteiger partial charge in [0.2, 0.25) is 5.91 Å². The number of carbonyl (C=O) groups is 2. The third-order valence-corrected chi connectivity index (χ3v) is 4.36. The fourth-order valence-corrected chi connectivity index (χ4v) is 3.34. The van der Waals surface area contributed by atoms with Gasteiger partial charge in [-0.3, -0.25) is 14.6 Å². The van der Waals surface area contributed by atoms with Crippen molar-refractivity contribution in [1.29, 1.82) is 0 Å². The fraction of sp³-hybridized carbons (Fsp3) is 0.467. The number of likely N-dealkylation sites (N-methyl/N-ethyl adjacent to an activating group) is 3. The summed E-state index contributed by atoms with van der Waals surface area (Å²) < 4.78 is 0. The van der Waals surface area contributed by atoms with E-state index in [0.717, 1.165) is 12.1 Å². The first-order valence-electron chi connectivity index (χ1n) is 6.92. The quantitative estimate of drug-likeness (QED) is 0.778. The minimum absolute atomic E-state index is 0.110. The summed E-state index contributed by atoms with van der Waals surface area (Å²) in [6.07, 6.45) is 0. The molecule has 0 saturated carbocycles. The lowest BCUT2D eigenvalue weighted by molar-refractivity contribution is -0.140. The van der Waals surface area contributed by atoms with E-state index in [-0.39, 0.29) is 24.0 Å². The van der Waals surface area contributed by atoms with E-state index in [4.69, 9.17) is 0 Å². The molecule has 2 heterocycles. The van der Waals surface area contributed by atoms with Gasteiger partial charge in [-0.2, -0.15) is 0 Å². The Labute approximate surface area is 118 Å². The van der Waals surface area contributed by atoms with E-state index in [9.17, 15) is 9.59 Å². The number of fused-ring (bicyclic) bond motifs is 3. The number of benzene rings is 1. The van der Waals surface area contributed by atoms with Crippen LogP contribution < -0.4 is 0 Å². The molecular formula is C15H19N3O2. The minimum Gasteiger partial charge on any atom is -0.315 e. The number of nitrogens with zero attached hydrogens (tertiary/aromatic N) is 3. The zero-order valence-electron chi connectivity index (χ0n) is 12.0. The molecule has 5 heteroatoms. The van der Waals surface area contributed by atoms with Gasteiger partial charge in [0.05, 0.1) is 6.04 Å². The third-order valence-electron chi connectivity index (χ3n) is 4.36.